The lowest BCUT2D eigenvalue weighted by Gasteiger charge is -2.29. The summed E-state index contributed by atoms with van der Waals surface area (Å²) >= 11 is 0. The number of hydrogen-bond donors (Lipinski definition) is 3. The lowest BCUT2D eigenvalue weighted by atomic mass is 9.86. The van der Waals surface area contributed by atoms with Crippen molar-refractivity contribution in [2.45, 2.75) is 31.7 Å². The number of aromatic nitrogens is 2. The van der Waals surface area contributed by atoms with Gasteiger partial charge in [0.2, 0.25) is 5.95 Å². The maximum absolute atomic E-state index is 13.2. The SMILES string of the molecule is CN(C)c1nc(NC2CCC(CNC(=O)Nc3cccc(F)c3)CC2)nc2ccccc12. The minimum Gasteiger partial charge on any atom is -0.362 e. The van der Waals surface area contributed by atoms with Gasteiger partial charge in [-0.1, -0.05) is 18.2 Å². The fourth-order valence-electron chi connectivity index (χ4n) is 4.14. The second-order valence-electron chi connectivity index (χ2n) is 8.49. The molecule has 3 N–H and O–H groups in total. The molecule has 1 aliphatic carbocycles. The lowest BCUT2D eigenvalue weighted by molar-refractivity contribution is 0.246. The van der Waals surface area contributed by atoms with E-state index in [9.17, 15) is 9.18 Å². The molecule has 1 heterocycles. The first kappa shape index (κ1) is 21.8. The van der Waals surface area contributed by atoms with Crippen molar-refractivity contribution in [1.29, 1.82) is 0 Å². The van der Waals surface area contributed by atoms with Gasteiger partial charge in [-0.05, 0) is 61.9 Å². The Kier molecular flexibility index (Phi) is 6.68. The van der Waals surface area contributed by atoms with Crippen LogP contribution in [-0.4, -0.2) is 42.7 Å². The maximum Gasteiger partial charge on any atom is 0.319 e. The molecule has 0 unspecified atom stereocenters. The van der Waals surface area contributed by atoms with Crippen molar-refractivity contribution in [2.24, 2.45) is 5.92 Å². The van der Waals surface area contributed by atoms with Gasteiger partial charge in [0.1, 0.15) is 11.6 Å². The average Bonchev–Trinajstić information content (AvgIpc) is 2.78. The number of rotatable bonds is 6. The van der Waals surface area contributed by atoms with Gasteiger partial charge < -0.3 is 20.9 Å². The molecule has 1 saturated carbocycles. The molecule has 1 aliphatic rings. The Morgan fingerprint density at radius 2 is 1.84 bits per heavy atom. The van der Waals surface area contributed by atoms with Crippen LogP contribution in [0.2, 0.25) is 0 Å². The van der Waals surface area contributed by atoms with Crippen molar-refractivity contribution in [2.75, 3.05) is 36.2 Å². The van der Waals surface area contributed by atoms with Crippen molar-refractivity contribution in [3.63, 3.8) is 0 Å². The van der Waals surface area contributed by atoms with E-state index < -0.39 is 0 Å². The number of carbonyl (C=O) groups is 1. The zero-order valence-electron chi connectivity index (χ0n) is 18.4. The van der Waals surface area contributed by atoms with Crippen LogP contribution in [0.25, 0.3) is 10.9 Å². The predicted molar refractivity (Wildman–Crippen MR) is 127 cm³/mol. The first-order valence-electron chi connectivity index (χ1n) is 11.0. The monoisotopic (exact) mass is 436 g/mol. The van der Waals surface area contributed by atoms with Gasteiger partial charge in [-0.25, -0.2) is 14.2 Å². The molecule has 168 valence electrons. The maximum atomic E-state index is 13.2. The normalized spacial score (nSPS) is 18.2. The third kappa shape index (κ3) is 5.43. The molecule has 32 heavy (non-hydrogen) atoms. The summed E-state index contributed by atoms with van der Waals surface area (Å²) in [5.74, 6) is 1.60. The number of carbonyl (C=O) groups excluding carboxylic acids is 1. The van der Waals surface area contributed by atoms with E-state index >= 15 is 0 Å². The third-order valence-corrected chi connectivity index (χ3v) is 5.82. The van der Waals surface area contributed by atoms with E-state index in [2.05, 4.69) is 16.0 Å². The van der Waals surface area contributed by atoms with Gasteiger partial charge in [0.05, 0.1) is 5.52 Å². The second kappa shape index (κ2) is 9.80. The van der Waals surface area contributed by atoms with Gasteiger partial charge in [-0.15, -0.1) is 0 Å². The van der Waals surface area contributed by atoms with Crippen LogP contribution in [-0.2, 0) is 0 Å². The molecular formula is C24H29FN6O. The number of nitrogens with zero attached hydrogens (tertiary/aromatic N) is 3. The first-order valence-corrected chi connectivity index (χ1v) is 11.0. The van der Waals surface area contributed by atoms with Gasteiger partial charge >= 0.3 is 6.03 Å². The number of anilines is 3. The largest absolute Gasteiger partial charge is 0.362 e. The van der Waals surface area contributed by atoms with Crippen molar-refractivity contribution >= 4 is 34.4 Å². The summed E-state index contributed by atoms with van der Waals surface area (Å²) in [5, 5.41) is 10.1. The number of amides is 2. The Bertz CT molecular complexity index is 1080. The van der Waals surface area contributed by atoms with Crippen LogP contribution in [0, 0.1) is 11.7 Å². The van der Waals surface area contributed by atoms with Gasteiger partial charge in [0, 0.05) is 37.8 Å². The molecular weight excluding hydrogens is 407 g/mol. The Morgan fingerprint density at radius 3 is 2.59 bits per heavy atom. The van der Waals surface area contributed by atoms with Crippen molar-refractivity contribution < 1.29 is 9.18 Å². The summed E-state index contributed by atoms with van der Waals surface area (Å²) in [6.07, 6.45) is 3.99. The topological polar surface area (TPSA) is 82.2 Å². The van der Waals surface area contributed by atoms with Crippen LogP contribution >= 0.6 is 0 Å². The van der Waals surface area contributed by atoms with E-state index in [4.69, 9.17) is 9.97 Å². The molecule has 7 nitrogen and oxygen atoms in total. The molecule has 0 aliphatic heterocycles. The van der Waals surface area contributed by atoms with Gasteiger partial charge in [0.15, 0.2) is 0 Å². The van der Waals surface area contributed by atoms with E-state index in [1.807, 2.05) is 43.3 Å². The Balaban J connectivity index is 1.27. The number of fused-ring (bicyclic) bond motifs is 1. The van der Waals surface area contributed by atoms with E-state index in [1.165, 1.54) is 12.1 Å². The molecule has 4 rings (SSSR count). The van der Waals surface area contributed by atoms with Crippen LogP contribution in [0.1, 0.15) is 25.7 Å². The van der Waals surface area contributed by atoms with E-state index in [0.717, 1.165) is 42.4 Å². The van der Waals surface area contributed by atoms with Gasteiger partial charge in [-0.2, -0.15) is 4.98 Å². The summed E-state index contributed by atoms with van der Waals surface area (Å²) in [6, 6.07) is 13.9. The van der Waals surface area contributed by atoms with Crippen LogP contribution < -0.4 is 20.9 Å². The van der Waals surface area contributed by atoms with E-state index in [1.54, 1.807) is 12.1 Å². The predicted octanol–water partition coefficient (Wildman–Crippen LogP) is 4.63. The minimum atomic E-state index is -0.373. The van der Waals surface area contributed by atoms with Gasteiger partial charge in [-0.3, -0.25) is 0 Å². The highest BCUT2D eigenvalue weighted by Crippen LogP contribution is 2.28. The average molecular weight is 437 g/mol. The fourth-order valence-corrected chi connectivity index (χ4v) is 4.14. The standard InChI is InChI=1S/C24H29FN6O/c1-31(2)22-20-8-3-4-9-21(20)29-23(30-22)27-18-12-10-16(11-13-18)15-26-24(32)28-19-7-5-6-17(25)14-19/h3-9,14,16,18H,10-13,15H2,1-2H3,(H2,26,28,32)(H,27,29,30). The fraction of sp³-hybridized carbons (Fsp3) is 0.375. The molecule has 0 atom stereocenters. The van der Waals surface area contributed by atoms with Crippen LogP contribution in [0.4, 0.5) is 26.6 Å². The van der Waals surface area contributed by atoms with Crippen molar-refractivity contribution in [3.05, 3.63) is 54.3 Å². The third-order valence-electron chi connectivity index (χ3n) is 5.82. The molecule has 0 spiro atoms. The number of hydrogen-bond acceptors (Lipinski definition) is 5. The molecule has 0 saturated heterocycles. The van der Waals surface area contributed by atoms with E-state index in [0.29, 0.717) is 30.1 Å². The van der Waals surface area contributed by atoms with Crippen LogP contribution in [0.5, 0.6) is 0 Å². The number of benzene rings is 2. The number of urea groups is 1. The summed E-state index contributed by atoms with van der Waals surface area (Å²) in [7, 11) is 3.97. The van der Waals surface area contributed by atoms with Crippen LogP contribution in [0.3, 0.4) is 0 Å². The Hall–Kier alpha value is -3.42. The zero-order chi connectivity index (χ0) is 22.5. The molecule has 2 aromatic carbocycles. The number of para-hydroxylation sites is 1. The van der Waals surface area contributed by atoms with Gasteiger partial charge in [0.25, 0.3) is 0 Å². The summed E-state index contributed by atoms with van der Waals surface area (Å²) in [4.78, 5) is 23.5. The van der Waals surface area contributed by atoms with E-state index in [-0.39, 0.29) is 11.8 Å². The molecule has 3 aromatic rings. The molecule has 1 aromatic heterocycles. The smallest absolute Gasteiger partial charge is 0.319 e. The second-order valence-corrected chi connectivity index (χ2v) is 8.49. The first-order chi connectivity index (χ1) is 15.5. The van der Waals surface area contributed by atoms with Crippen LogP contribution in [0.15, 0.2) is 48.5 Å². The highest BCUT2D eigenvalue weighted by molar-refractivity contribution is 5.90. The number of halogens is 1. The Morgan fingerprint density at radius 1 is 1.06 bits per heavy atom. The molecule has 2 amide bonds. The molecule has 8 heteroatoms. The summed E-state index contributed by atoms with van der Waals surface area (Å²) in [6.45, 7) is 0.602. The zero-order valence-corrected chi connectivity index (χ0v) is 18.4. The highest BCUT2D eigenvalue weighted by atomic mass is 19.1. The van der Waals surface area contributed by atoms with Crippen molar-refractivity contribution in [1.82, 2.24) is 15.3 Å². The highest BCUT2D eigenvalue weighted by Gasteiger charge is 2.22. The number of nitrogens with one attached hydrogen (secondary N) is 3. The molecule has 0 radical (unpaired) electrons. The molecule has 1 fully saturated rings. The molecule has 0 bridgehead atoms. The van der Waals surface area contributed by atoms with Crippen molar-refractivity contribution in [3.8, 4) is 0 Å². The summed E-state index contributed by atoms with van der Waals surface area (Å²) in [5.41, 5.74) is 1.37. The summed E-state index contributed by atoms with van der Waals surface area (Å²) < 4.78 is 13.2. The lowest BCUT2D eigenvalue weighted by Crippen LogP contribution is -2.36. The Labute approximate surface area is 187 Å². The minimum absolute atomic E-state index is 0.309. The quantitative estimate of drug-likeness (QED) is 0.525.